The number of amides is 1. The minimum absolute atomic E-state index is 0.00702. The van der Waals surface area contributed by atoms with Crippen molar-refractivity contribution in [2.24, 2.45) is 5.92 Å². The number of piperidine rings is 1. The largest absolute Gasteiger partial charge is 0.396 e. The first-order valence-corrected chi connectivity index (χ1v) is 11.8. The van der Waals surface area contributed by atoms with E-state index >= 15 is 4.39 Å². The van der Waals surface area contributed by atoms with E-state index in [0.717, 1.165) is 0 Å². The lowest BCUT2D eigenvalue weighted by molar-refractivity contribution is 0.0646. The molecule has 1 fully saturated rings. The smallest absolute Gasteiger partial charge is 0.258 e. The van der Waals surface area contributed by atoms with Gasteiger partial charge >= 0.3 is 0 Å². The standard InChI is InChI=1S/C26H25ClFN5O2/c1-2-22-19(5-3-16-4-6-23(29)30-13-16)25(32-15-31-22)18-11-20(27)24(21(28)12-18)26(35)33-9-7-17(14-34)8-10-33/h4,6,11-13,15,17,34H,2,7-10,14H2,1H3,(H2,29,30). The first-order valence-electron chi connectivity index (χ1n) is 11.4. The zero-order valence-electron chi connectivity index (χ0n) is 19.3. The van der Waals surface area contributed by atoms with Crippen LogP contribution in [0.5, 0.6) is 0 Å². The van der Waals surface area contributed by atoms with Gasteiger partial charge in [-0.3, -0.25) is 4.79 Å². The normalized spacial score (nSPS) is 13.9. The number of carbonyl (C=O) groups is 1. The number of halogens is 2. The zero-order valence-corrected chi connectivity index (χ0v) is 20.0. The molecule has 3 N–H and O–H groups in total. The Bertz CT molecular complexity index is 1270. The quantitative estimate of drug-likeness (QED) is 0.537. The van der Waals surface area contributed by atoms with Crippen LogP contribution in [-0.4, -0.2) is 50.6 Å². The summed E-state index contributed by atoms with van der Waals surface area (Å²) in [6.45, 7) is 2.93. The highest BCUT2D eigenvalue weighted by atomic mass is 35.5. The van der Waals surface area contributed by atoms with Gasteiger partial charge in [0.15, 0.2) is 0 Å². The molecule has 1 amide bonds. The van der Waals surface area contributed by atoms with Crippen molar-refractivity contribution >= 4 is 23.3 Å². The van der Waals surface area contributed by atoms with E-state index in [9.17, 15) is 9.90 Å². The number of hydrogen-bond acceptors (Lipinski definition) is 6. The Hall–Kier alpha value is -3.54. The van der Waals surface area contributed by atoms with Crippen LogP contribution in [-0.2, 0) is 6.42 Å². The predicted molar refractivity (Wildman–Crippen MR) is 132 cm³/mol. The Kier molecular flexibility index (Phi) is 7.59. The summed E-state index contributed by atoms with van der Waals surface area (Å²) in [5.41, 5.74) is 8.21. The first kappa shape index (κ1) is 24.6. The summed E-state index contributed by atoms with van der Waals surface area (Å²) >= 11 is 6.44. The number of hydrogen-bond donors (Lipinski definition) is 2. The molecule has 3 aromatic rings. The van der Waals surface area contributed by atoms with Crippen LogP contribution in [0.25, 0.3) is 11.3 Å². The summed E-state index contributed by atoms with van der Waals surface area (Å²) in [7, 11) is 0. The summed E-state index contributed by atoms with van der Waals surface area (Å²) in [6, 6.07) is 6.21. The van der Waals surface area contributed by atoms with Crippen LogP contribution in [0.15, 0.2) is 36.8 Å². The highest BCUT2D eigenvalue weighted by Crippen LogP contribution is 2.31. The van der Waals surface area contributed by atoms with Gasteiger partial charge in [-0.25, -0.2) is 19.3 Å². The van der Waals surface area contributed by atoms with Gasteiger partial charge in [-0.15, -0.1) is 0 Å². The summed E-state index contributed by atoms with van der Waals surface area (Å²) in [5, 5.41) is 9.33. The van der Waals surface area contributed by atoms with Gasteiger partial charge in [-0.05, 0) is 49.4 Å². The van der Waals surface area contributed by atoms with E-state index in [-0.39, 0.29) is 23.1 Å². The second-order valence-electron chi connectivity index (χ2n) is 8.35. The summed E-state index contributed by atoms with van der Waals surface area (Å²) in [4.78, 5) is 27.3. The first-order chi connectivity index (χ1) is 16.9. The van der Waals surface area contributed by atoms with Crippen LogP contribution in [0, 0.1) is 23.6 Å². The predicted octanol–water partition coefficient (Wildman–Crippen LogP) is 3.72. The molecule has 180 valence electrons. The molecule has 1 aromatic carbocycles. The summed E-state index contributed by atoms with van der Waals surface area (Å²) < 4.78 is 15.3. The van der Waals surface area contributed by atoms with Crippen molar-refractivity contribution in [3.8, 4) is 23.1 Å². The van der Waals surface area contributed by atoms with E-state index in [0.29, 0.717) is 66.2 Å². The molecule has 0 unspecified atom stereocenters. The van der Waals surface area contributed by atoms with Gasteiger partial charge in [0.1, 0.15) is 18.0 Å². The van der Waals surface area contributed by atoms with E-state index in [1.54, 1.807) is 23.2 Å². The number of aliphatic hydroxyl groups is 1. The Balaban J connectivity index is 1.69. The molecule has 0 saturated carbocycles. The Morgan fingerprint density at radius 3 is 2.63 bits per heavy atom. The molecule has 9 heteroatoms. The molecule has 0 spiro atoms. The van der Waals surface area contributed by atoms with Crippen LogP contribution < -0.4 is 5.73 Å². The Labute approximate surface area is 208 Å². The molecule has 0 aliphatic carbocycles. The second kappa shape index (κ2) is 10.8. The third kappa shape index (κ3) is 5.42. The lowest BCUT2D eigenvalue weighted by Gasteiger charge is -2.31. The monoisotopic (exact) mass is 493 g/mol. The van der Waals surface area contributed by atoms with Crippen molar-refractivity contribution in [1.82, 2.24) is 19.9 Å². The fraction of sp³-hybridized carbons (Fsp3) is 0.308. The van der Waals surface area contributed by atoms with Crippen LogP contribution in [0.4, 0.5) is 10.2 Å². The van der Waals surface area contributed by atoms with Crippen molar-refractivity contribution in [3.05, 3.63) is 70.0 Å². The van der Waals surface area contributed by atoms with Gasteiger partial charge in [0, 0.05) is 37.0 Å². The number of aromatic nitrogens is 3. The molecule has 35 heavy (non-hydrogen) atoms. The highest BCUT2D eigenvalue weighted by Gasteiger charge is 2.27. The average molecular weight is 494 g/mol. The SMILES string of the molecule is CCc1ncnc(-c2cc(F)c(C(=O)N3CCC(CO)CC3)c(Cl)c2)c1C#Cc1ccc(N)nc1. The Morgan fingerprint density at radius 1 is 1.23 bits per heavy atom. The lowest BCUT2D eigenvalue weighted by atomic mass is 9.96. The number of rotatable bonds is 4. The van der Waals surface area contributed by atoms with Crippen LogP contribution >= 0.6 is 11.6 Å². The molecule has 7 nitrogen and oxygen atoms in total. The number of aryl methyl sites for hydroxylation is 1. The van der Waals surface area contributed by atoms with Gasteiger partial charge in [0.05, 0.1) is 27.5 Å². The van der Waals surface area contributed by atoms with Gasteiger partial charge in [-0.1, -0.05) is 30.4 Å². The van der Waals surface area contributed by atoms with E-state index in [1.165, 1.54) is 18.5 Å². The zero-order chi connectivity index (χ0) is 24.9. The minimum Gasteiger partial charge on any atom is -0.396 e. The second-order valence-corrected chi connectivity index (χ2v) is 8.76. The third-order valence-corrected chi connectivity index (χ3v) is 6.37. The molecule has 1 aliphatic heterocycles. The molecule has 4 rings (SSSR count). The topological polar surface area (TPSA) is 105 Å². The average Bonchev–Trinajstić information content (AvgIpc) is 2.87. The molecular weight excluding hydrogens is 469 g/mol. The maximum absolute atomic E-state index is 15.3. The molecule has 2 aromatic heterocycles. The molecule has 1 saturated heterocycles. The molecule has 0 atom stereocenters. The van der Waals surface area contributed by atoms with Gasteiger partial charge in [-0.2, -0.15) is 0 Å². The van der Waals surface area contributed by atoms with Gasteiger partial charge < -0.3 is 15.7 Å². The lowest BCUT2D eigenvalue weighted by Crippen LogP contribution is -2.39. The van der Waals surface area contributed by atoms with E-state index in [1.807, 2.05) is 6.92 Å². The summed E-state index contributed by atoms with van der Waals surface area (Å²) in [5.74, 6) is 5.50. The van der Waals surface area contributed by atoms with E-state index in [4.69, 9.17) is 17.3 Å². The third-order valence-electron chi connectivity index (χ3n) is 6.07. The number of pyridine rings is 1. The highest BCUT2D eigenvalue weighted by molar-refractivity contribution is 6.34. The number of nitrogens with zero attached hydrogens (tertiary/aromatic N) is 4. The van der Waals surface area contributed by atoms with Crippen molar-refractivity contribution in [3.63, 3.8) is 0 Å². The number of nitrogens with two attached hydrogens (primary N) is 1. The van der Waals surface area contributed by atoms with Crippen LogP contribution in [0.2, 0.25) is 5.02 Å². The van der Waals surface area contributed by atoms with E-state index in [2.05, 4.69) is 26.8 Å². The molecule has 1 aliphatic rings. The van der Waals surface area contributed by atoms with Crippen LogP contribution in [0.1, 0.15) is 46.9 Å². The number of anilines is 1. The maximum atomic E-state index is 15.3. The van der Waals surface area contributed by atoms with Gasteiger partial charge in [0.2, 0.25) is 0 Å². The van der Waals surface area contributed by atoms with E-state index < -0.39 is 11.7 Å². The number of aliphatic hydroxyl groups excluding tert-OH is 1. The minimum atomic E-state index is -0.722. The van der Waals surface area contributed by atoms with Crippen molar-refractivity contribution in [2.75, 3.05) is 25.4 Å². The molecule has 0 bridgehead atoms. The number of carbonyl (C=O) groups excluding carboxylic acids is 1. The molecule has 3 heterocycles. The maximum Gasteiger partial charge on any atom is 0.258 e. The number of likely N-dealkylation sites (tertiary alicyclic amines) is 1. The number of benzene rings is 1. The van der Waals surface area contributed by atoms with Crippen molar-refractivity contribution < 1.29 is 14.3 Å². The van der Waals surface area contributed by atoms with Crippen molar-refractivity contribution in [2.45, 2.75) is 26.2 Å². The van der Waals surface area contributed by atoms with Crippen molar-refractivity contribution in [1.29, 1.82) is 0 Å². The van der Waals surface area contributed by atoms with Gasteiger partial charge in [0.25, 0.3) is 5.91 Å². The fourth-order valence-corrected chi connectivity index (χ4v) is 4.33. The van der Waals surface area contributed by atoms with Crippen LogP contribution in [0.3, 0.4) is 0 Å². The number of nitrogen functional groups attached to an aromatic ring is 1. The Morgan fingerprint density at radius 2 is 2.00 bits per heavy atom. The summed E-state index contributed by atoms with van der Waals surface area (Å²) in [6.07, 6.45) is 4.91. The molecule has 0 radical (unpaired) electrons. The molecular formula is C26H25ClFN5O2. The fourth-order valence-electron chi connectivity index (χ4n) is 4.05.